The van der Waals surface area contributed by atoms with E-state index in [-0.39, 0.29) is 37.2 Å². The summed E-state index contributed by atoms with van der Waals surface area (Å²) in [6, 6.07) is 8.72. The fourth-order valence-corrected chi connectivity index (χ4v) is 3.63. The fraction of sp³-hybridized carbons (Fsp3) is 0.278. The van der Waals surface area contributed by atoms with E-state index >= 15 is 0 Å². The Hall–Kier alpha value is -2.58. The molecule has 0 saturated carbocycles. The van der Waals surface area contributed by atoms with Crippen molar-refractivity contribution >= 4 is 52.0 Å². The third kappa shape index (κ3) is 5.21. The fourth-order valence-electron chi connectivity index (χ4n) is 2.69. The second-order valence-corrected chi connectivity index (χ2v) is 7.32. The van der Waals surface area contributed by atoms with Crippen molar-refractivity contribution in [2.24, 2.45) is 0 Å². The Bertz CT molecular complexity index is 841. The van der Waals surface area contributed by atoms with Crippen molar-refractivity contribution in [2.75, 3.05) is 36.4 Å². The molecule has 7 nitrogen and oxygen atoms in total. The third-order valence-electron chi connectivity index (χ3n) is 3.99. The summed E-state index contributed by atoms with van der Waals surface area (Å²) in [7, 11) is 0. The van der Waals surface area contributed by atoms with Crippen molar-refractivity contribution in [3.63, 3.8) is 0 Å². The van der Waals surface area contributed by atoms with Crippen LogP contribution in [-0.2, 0) is 9.59 Å². The zero-order valence-electron chi connectivity index (χ0n) is 14.5. The van der Waals surface area contributed by atoms with Crippen molar-refractivity contribution in [1.29, 1.82) is 0 Å². The number of carbonyl (C=O) groups excluding carboxylic acids is 3. The smallest absolute Gasteiger partial charge is 0.261 e. The zero-order valence-corrected chi connectivity index (χ0v) is 16.0. The molecule has 2 heterocycles. The Morgan fingerprint density at radius 3 is 2.85 bits per heavy atom. The van der Waals surface area contributed by atoms with Crippen molar-refractivity contribution in [1.82, 2.24) is 10.6 Å². The molecule has 142 valence electrons. The number of halogens is 1. The van der Waals surface area contributed by atoms with Crippen LogP contribution in [0.25, 0.3) is 0 Å². The van der Waals surface area contributed by atoms with Crippen molar-refractivity contribution < 1.29 is 14.4 Å². The van der Waals surface area contributed by atoms with Crippen LogP contribution in [-0.4, -0.2) is 43.9 Å². The molecule has 0 atom stereocenters. The molecule has 1 aromatic heterocycles. The molecule has 2 aromatic rings. The molecule has 1 aromatic carbocycles. The Morgan fingerprint density at radius 2 is 2.15 bits per heavy atom. The molecular formula is C18H19ClN4O3S. The van der Waals surface area contributed by atoms with E-state index in [9.17, 15) is 14.4 Å². The molecule has 0 spiro atoms. The van der Waals surface area contributed by atoms with Gasteiger partial charge in [-0.25, -0.2) is 0 Å². The van der Waals surface area contributed by atoms with Gasteiger partial charge in [-0.2, -0.15) is 0 Å². The van der Waals surface area contributed by atoms with Gasteiger partial charge in [0.2, 0.25) is 11.8 Å². The van der Waals surface area contributed by atoms with E-state index in [1.807, 2.05) is 10.3 Å². The minimum absolute atomic E-state index is 0.0423. The number of piperazine rings is 1. The maximum absolute atomic E-state index is 12.1. The lowest BCUT2D eigenvalue weighted by atomic mass is 10.2. The van der Waals surface area contributed by atoms with E-state index < -0.39 is 0 Å². The van der Waals surface area contributed by atoms with Gasteiger partial charge in [-0.15, -0.1) is 11.3 Å². The van der Waals surface area contributed by atoms with Crippen LogP contribution in [0, 0.1) is 0 Å². The summed E-state index contributed by atoms with van der Waals surface area (Å²) in [6.07, 6.45) is 0.156. The molecule has 1 aliphatic heterocycles. The van der Waals surface area contributed by atoms with Crippen molar-refractivity contribution in [2.45, 2.75) is 6.42 Å². The van der Waals surface area contributed by atoms with Gasteiger partial charge in [-0.3, -0.25) is 14.4 Å². The molecule has 0 unspecified atom stereocenters. The molecular weight excluding hydrogens is 388 g/mol. The molecule has 3 amide bonds. The first kappa shape index (κ1) is 19.2. The number of nitrogens with one attached hydrogen (secondary N) is 3. The molecule has 3 rings (SSSR count). The van der Waals surface area contributed by atoms with E-state index in [1.165, 1.54) is 11.3 Å². The van der Waals surface area contributed by atoms with E-state index in [1.54, 1.807) is 30.3 Å². The molecule has 1 fully saturated rings. The molecule has 0 radical (unpaired) electrons. The summed E-state index contributed by atoms with van der Waals surface area (Å²) < 4.78 is 0. The summed E-state index contributed by atoms with van der Waals surface area (Å²) in [5, 5.41) is 10.5. The molecule has 3 N–H and O–H groups in total. The topological polar surface area (TPSA) is 90.5 Å². The molecule has 27 heavy (non-hydrogen) atoms. The average Bonchev–Trinajstić information content (AvgIpc) is 3.16. The minimum atomic E-state index is -0.220. The number of thiophene rings is 1. The maximum atomic E-state index is 12.1. The molecule has 1 aliphatic rings. The average molecular weight is 407 g/mol. The number of benzene rings is 1. The number of amides is 3. The molecule has 9 heteroatoms. The minimum Gasteiger partial charge on any atom is -0.359 e. The quantitative estimate of drug-likeness (QED) is 0.685. The Kier molecular flexibility index (Phi) is 6.31. The number of hydrogen-bond donors (Lipinski definition) is 3. The Balaban J connectivity index is 1.50. The highest BCUT2D eigenvalue weighted by Crippen LogP contribution is 2.29. The summed E-state index contributed by atoms with van der Waals surface area (Å²) in [5.74, 6) is -0.447. The number of rotatable bonds is 6. The Morgan fingerprint density at radius 1 is 1.30 bits per heavy atom. The Labute approximate surface area is 165 Å². The predicted octanol–water partition coefficient (Wildman–Crippen LogP) is 2.10. The lowest BCUT2D eigenvalue weighted by Gasteiger charge is -2.29. The van der Waals surface area contributed by atoms with Gasteiger partial charge in [0.15, 0.2) is 0 Å². The van der Waals surface area contributed by atoms with Gasteiger partial charge >= 0.3 is 0 Å². The summed E-state index contributed by atoms with van der Waals surface area (Å²) in [5.41, 5.74) is 1.33. The zero-order chi connectivity index (χ0) is 19.2. The van der Waals surface area contributed by atoms with E-state index in [0.29, 0.717) is 28.7 Å². The predicted molar refractivity (Wildman–Crippen MR) is 107 cm³/mol. The number of hydrogen-bond acceptors (Lipinski definition) is 5. The normalized spacial score (nSPS) is 13.8. The van der Waals surface area contributed by atoms with Crippen LogP contribution < -0.4 is 20.9 Å². The summed E-state index contributed by atoms with van der Waals surface area (Å²) in [4.78, 5) is 37.9. The first-order valence-corrected chi connectivity index (χ1v) is 9.71. The van der Waals surface area contributed by atoms with Gasteiger partial charge in [0.05, 0.1) is 22.1 Å². The lowest BCUT2D eigenvalue weighted by molar-refractivity contribution is -0.120. The summed E-state index contributed by atoms with van der Waals surface area (Å²) >= 11 is 7.67. The van der Waals surface area contributed by atoms with Crippen LogP contribution in [0.5, 0.6) is 0 Å². The first-order valence-electron chi connectivity index (χ1n) is 8.45. The van der Waals surface area contributed by atoms with Crippen LogP contribution in [0.15, 0.2) is 35.7 Å². The van der Waals surface area contributed by atoms with Gasteiger partial charge in [0, 0.05) is 31.7 Å². The van der Waals surface area contributed by atoms with Crippen LogP contribution in [0.1, 0.15) is 16.1 Å². The SMILES string of the molecule is O=C1CN(c2ccc(NC(=O)CCNC(=O)c3cccs3)cc2Cl)CCN1. The van der Waals surface area contributed by atoms with Crippen LogP contribution in [0.3, 0.4) is 0 Å². The van der Waals surface area contributed by atoms with Crippen LogP contribution in [0.4, 0.5) is 11.4 Å². The second-order valence-electron chi connectivity index (χ2n) is 5.97. The summed E-state index contributed by atoms with van der Waals surface area (Å²) in [6.45, 7) is 1.76. The molecule has 1 saturated heterocycles. The van der Waals surface area contributed by atoms with E-state index in [4.69, 9.17) is 11.6 Å². The number of nitrogens with zero attached hydrogens (tertiary/aromatic N) is 1. The van der Waals surface area contributed by atoms with E-state index in [0.717, 1.165) is 5.69 Å². The number of anilines is 2. The molecule has 0 aliphatic carbocycles. The van der Waals surface area contributed by atoms with Gasteiger partial charge in [-0.1, -0.05) is 17.7 Å². The lowest BCUT2D eigenvalue weighted by Crippen LogP contribution is -2.47. The third-order valence-corrected chi connectivity index (χ3v) is 5.16. The number of carbonyl (C=O) groups is 3. The monoisotopic (exact) mass is 406 g/mol. The highest BCUT2D eigenvalue weighted by Gasteiger charge is 2.19. The first-order chi connectivity index (χ1) is 13.0. The van der Waals surface area contributed by atoms with Crippen molar-refractivity contribution in [3.8, 4) is 0 Å². The highest BCUT2D eigenvalue weighted by molar-refractivity contribution is 7.12. The second kappa shape index (κ2) is 8.88. The largest absolute Gasteiger partial charge is 0.359 e. The van der Waals surface area contributed by atoms with Gasteiger partial charge in [0.25, 0.3) is 5.91 Å². The standard InChI is InChI=1S/C18H19ClN4O3S/c19-13-10-12(3-4-14(13)23-8-7-20-17(25)11-23)22-16(24)5-6-21-18(26)15-2-1-9-27-15/h1-4,9-10H,5-8,11H2,(H,20,25)(H,21,26)(H,22,24). The molecule has 0 bridgehead atoms. The van der Waals surface area contributed by atoms with Crippen molar-refractivity contribution in [3.05, 3.63) is 45.6 Å². The van der Waals surface area contributed by atoms with Gasteiger partial charge < -0.3 is 20.9 Å². The van der Waals surface area contributed by atoms with Gasteiger partial charge in [-0.05, 0) is 29.6 Å². The maximum Gasteiger partial charge on any atom is 0.261 e. The van der Waals surface area contributed by atoms with E-state index in [2.05, 4.69) is 16.0 Å². The highest BCUT2D eigenvalue weighted by atomic mass is 35.5. The van der Waals surface area contributed by atoms with Crippen LogP contribution in [0.2, 0.25) is 5.02 Å². The van der Waals surface area contributed by atoms with Gasteiger partial charge in [0.1, 0.15) is 0 Å². The van der Waals surface area contributed by atoms with Crippen LogP contribution >= 0.6 is 22.9 Å².